The molecule has 1 fully saturated rings. The SMILES string of the molecule is Cc1ccc(F)cc1NC(=O)N1CCC[C@](O)(CN(C)C)CC1. The molecule has 0 saturated carbocycles. The normalized spacial score (nSPS) is 22.1. The van der Waals surface area contributed by atoms with Gasteiger partial charge in [-0.05, 0) is 58.0 Å². The Bertz CT molecular complexity index is 565. The summed E-state index contributed by atoms with van der Waals surface area (Å²) in [6.45, 7) is 3.50. The number of aliphatic hydroxyl groups is 1. The second kappa shape index (κ2) is 7.27. The number of likely N-dealkylation sites (tertiary alicyclic amines) is 1. The van der Waals surface area contributed by atoms with E-state index < -0.39 is 5.60 Å². The maximum Gasteiger partial charge on any atom is 0.321 e. The Morgan fingerprint density at radius 1 is 1.39 bits per heavy atom. The molecule has 1 aromatic rings. The Morgan fingerprint density at radius 2 is 2.13 bits per heavy atom. The van der Waals surface area contributed by atoms with Gasteiger partial charge in [-0.3, -0.25) is 0 Å². The van der Waals surface area contributed by atoms with E-state index in [4.69, 9.17) is 0 Å². The molecule has 0 aliphatic carbocycles. The third-order valence-corrected chi connectivity index (χ3v) is 4.26. The van der Waals surface area contributed by atoms with Crippen molar-refractivity contribution in [3.63, 3.8) is 0 Å². The summed E-state index contributed by atoms with van der Waals surface area (Å²) in [4.78, 5) is 16.1. The first-order chi connectivity index (χ1) is 10.8. The predicted octanol–water partition coefficient (Wildman–Crippen LogP) is 2.44. The van der Waals surface area contributed by atoms with Crippen molar-refractivity contribution < 1.29 is 14.3 Å². The van der Waals surface area contributed by atoms with Gasteiger partial charge in [-0.1, -0.05) is 6.07 Å². The van der Waals surface area contributed by atoms with Crippen LogP contribution in [0.4, 0.5) is 14.9 Å². The van der Waals surface area contributed by atoms with Crippen molar-refractivity contribution in [3.05, 3.63) is 29.6 Å². The zero-order valence-corrected chi connectivity index (χ0v) is 14.1. The fraction of sp³-hybridized carbons (Fsp3) is 0.588. The summed E-state index contributed by atoms with van der Waals surface area (Å²) in [6, 6.07) is 4.10. The highest BCUT2D eigenvalue weighted by Crippen LogP contribution is 2.24. The van der Waals surface area contributed by atoms with Gasteiger partial charge in [0, 0.05) is 25.3 Å². The first kappa shape index (κ1) is 17.7. The Balaban J connectivity index is 1.99. The lowest BCUT2D eigenvalue weighted by molar-refractivity contribution is 0.00361. The zero-order valence-electron chi connectivity index (χ0n) is 14.1. The minimum absolute atomic E-state index is 0.243. The average molecular weight is 323 g/mol. The quantitative estimate of drug-likeness (QED) is 0.898. The molecule has 0 bridgehead atoms. The smallest absolute Gasteiger partial charge is 0.321 e. The predicted molar refractivity (Wildman–Crippen MR) is 89.1 cm³/mol. The fourth-order valence-corrected chi connectivity index (χ4v) is 3.05. The van der Waals surface area contributed by atoms with Crippen LogP contribution in [0.1, 0.15) is 24.8 Å². The van der Waals surface area contributed by atoms with Crippen molar-refractivity contribution in [1.82, 2.24) is 9.80 Å². The van der Waals surface area contributed by atoms with Crippen molar-refractivity contribution in [2.24, 2.45) is 0 Å². The van der Waals surface area contributed by atoms with E-state index in [0.29, 0.717) is 38.2 Å². The van der Waals surface area contributed by atoms with E-state index >= 15 is 0 Å². The van der Waals surface area contributed by atoms with Gasteiger partial charge < -0.3 is 20.2 Å². The van der Waals surface area contributed by atoms with Gasteiger partial charge in [0.25, 0.3) is 0 Å². The van der Waals surface area contributed by atoms with Crippen LogP contribution >= 0.6 is 0 Å². The number of urea groups is 1. The topological polar surface area (TPSA) is 55.8 Å². The van der Waals surface area contributed by atoms with Gasteiger partial charge in [-0.2, -0.15) is 0 Å². The third-order valence-electron chi connectivity index (χ3n) is 4.26. The van der Waals surface area contributed by atoms with Crippen LogP contribution in [0.25, 0.3) is 0 Å². The molecule has 0 radical (unpaired) electrons. The van der Waals surface area contributed by atoms with E-state index in [1.165, 1.54) is 12.1 Å². The number of benzene rings is 1. The zero-order chi connectivity index (χ0) is 17.0. The highest BCUT2D eigenvalue weighted by molar-refractivity contribution is 5.90. The van der Waals surface area contributed by atoms with Crippen molar-refractivity contribution in [2.45, 2.75) is 31.8 Å². The molecule has 2 rings (SSSR count). The second-order valence-electron chi connectivity index (χ2n) is 6.69. The monoisotopic (exact) mass is 323 g/mol. The van der Waals surface area contributed by atoms with E-state index in [-0.39, 0.29) is 11.8 Å². The molecule has 0 spiro atoms. The average Bonchev–Trinajstić information content (AvgIpc) is 2.64. The van der Waals surface area contributed by atoms with Crippen LogP contribution in [0.3, 0.4) is 0 Å². The molecule has 1 aliphatic heterocycles. The number of carbonyl (C=O) groups is 1. The van der Waals surface area contributed by atoms with Gasteiger partial charge >= 0.3 is 6.03 Å². The number of nitrogens with zero attached hydrogens (tertiary/aromatic N) is 2. The lowest BCUT2D eigenvalue weighted by atomic mass is 9.94. The van der Waals surface area contributed by atoms with E-state index in [1.807, 2.05) is 25.9 Å². The summed E-state index contributed by atoms with van der Waals surface area (Å²) in [5.74, 6) is -0.373. The minimum Gasteiger partial charge on any atom is -0.388 e. The number of aryl methyl sites for hydroxylation is 1. The van der Waals surface area contributed by atoms with Crippen LogP contribution in [-0.4, -0.2) is 60.3 Å². The maximum atomic E-state index is 13.3. The van der Waals surface area contributed by atoms with E-state index in [9.17, 15) is 14.3 Å². The number of hydrogen-bond acceptors (Lipinski definition) is 3. The standard InChI is InChI=1S/C17H26FN3O2/c1-13-5-6-14(18)11-15(13)19-16(22)21-9-4-7-17(23,8-10-21)12-20(2)3/h5-6,11,23H,4,7-10,12H2,1-3H3,(H,19,22)/t17-/m1/s1. The first-order valence-corrected chi connectivity index (χ1v) is 7.98. The number of likely N-dealkylation sites (N-methyl/N-ethyl adjacent to an activating group) is 1. The first-order valence-electron chi connectivity index (χ1n) is 7.98. The number of rotatable bonds is 3. The number of carbonyl (C=O) groups excluding carboxylic acids is 1. The molecule has 0 aromatic heterocycles. The van der Waals surface area contributed by atoms with Gasteiger partial charge in [0.05, 0.1) is 5.60 Å². The van der Waals surface area contributed by atoms with Crippen molar-refractivity contribution in [1.29, 1.82) is 0 Å². The van der Waals surface area contributed by atoms with Crippen LogP contribution in [0.2, 0.25) is 0 Å². The van der Waals surface area contributed by atoms with Crippen LogP contribution in [0.15, 0.2) is 18.2 Å². The molecule has 0 unspecified atom stereocenters. The van der Waals surface area contributed by atoms with Crippen LogP contribution in [-0.2, 0) is 0 Å². The summed E-state index contributed by atoms with van der Waals surface area (Å²) in [5, 5.41) is 13.4. The van der Waals surface area contributed by atoms with Crippen molar-refractivity contribution in [2.75, 3.05) is 39.0 Å². The minimum atomic E-state index is -0.757. The largest absolute Gasteiger partial charge is 0.388 e. The Hall–Kier alpha value is -1.66. The summed E-state index contributed by atoms with van der Waals surface area (Å²) in [6.07, 6.45) is 1.97. The molecule has 5 nitrogen and oxygen atoms in total. The molecular formula is C17H26FN3O2. The Kier molecular flexibility index (Phi) is 5.59. The molecule has 128 valence electrons. The number of amides is 2. The molecule has 1 atom stereocenters. The van der Waals surface area contributed by atoms with Crippen LogP contribution < -0.4 is 5.32 Å². The van der Waals surface area contributed by atoms with Gasteiger partial charge in [-0.15, -0.1) is 0 Å². The molecular weight excluding hydrogens is 297 g/mol. The van der Waals surface area contributed by atoms with Crippen molar-refractivity contribution >= 4 is 11.7 Å². The summed E-state index contributed by atoms with van der Waals surface area (Å²) < 4.78 is 13.3. The van der Waals surface area contributed by atoms with E-state index in [1.54, 1.807) is 11.0 Å². The molecule has 1 aromatic carbocycles. The summed E-state index contributed by atoms with van der Waals surface area (Å²) in [7, 11) is 3.86. The summed E-state index contributed by atoms with van der Waals surface area (Å²) >= 11 is 0. The molecule has 2 amide bonds. The van der Waals surface area contributed by atoms with Gasteiger partial charge in [0.1, 0.15) is 5.82 Å². The van der Waals surface area contributed by atoms with Gasteiger partial charge in [0.2, 0.25) is 0 Å². The lowest BCUT2D eigenvalue weighted by Gasteiger charge is -2.30. The number of halogens is 1. The number of anilines is 1. The Labute approximate surface area is 137 Å². The maximum absolute atomic E-state index is 13.3. The van der Waals surface area contributed by atoms with E-state index in [0.717, 1.165) is 12.0 Å². The van der Waals surface area contributed by atoms with Crippen LogP contribution in [0, 0.1) is 12.7 Å². The summed E-state index contributed by atoms with van der Waals surface area (Å²) in [5.41, 5.74) is 0.550. The highest BCUT2D eigenvalue weighted by atomic mass is 19.1. The molecule has 23 heavy (non-hydrogen) atoms. The second-order valence-corrected chi connectivity index (χ2v) is 6.69. The third kappa shape index (κ3) is 4.91. The van der Waals surface area contributed by atoms with Crippen molar-refractivity contribution in [3.8, 4) is 0 Å². The Morgan fingerprint density at radius 3 is 2.83 bits per heavy atom. The molecule has 1 saturated heterocycles. The molecule has 1 aliphatic rings. The van der Waals surface area contributed by atoms with Crippen LogP contribution in [0.5, 0.6) is 0 Å². The van der Waals surface area contributed by atoms with Gasteiger partial charge in [0.15, 0.2) is 0 Å². The van der Waals surface area contributed by atoms with E-state index in [2.05, 4.69) is 5.32 Å². The molecule has 6 heteroatoms. The highest BCUT2D eigenvalue weighted by Gasteiger charge is 2.32. The van der Waals surface area contributed by atoms with Gasteiger partial charge in [-0.25, -0.2) is 9.18 Å². The lowest BCUT2D eigenvalue weighted by Crippen LogP contribution is -2.42. The molecule has 1 heterocycles. The molecule has 2 N–H and O–H groups in total. The fourth-order valence-electron chi connectivity index (χ4n) is 3.05. The number of hydrogen-bond donors (Lipinski definition) is 2. The number of nitrogens with one attached hydrogen (secondary N) is 1.